The molecule has 0 saturated carbocycles. The Morgan fingerprint density at radius 1 is 1.12 bits per heavy atom. The average Bonchev–Trinajstić information content (AvgIpc) is 3.24. The van der Waals surface area contributed by atoms with E-state index in [4.69, 9.17) is 11.6 Å². The Bertz CT molecular complexity index is 1240. The number of alkyl halides is 3. The van der Waals surface area contributed by atoms with Gasteiger partial charge in [-0.25, -0.2) is 17.8 Å². The average molecular weight is 484 g/mol. The van der Waals surface area contributed by atoms with Gasteiger partial charge in [-0.1, -0.05) is 35.9 Å². The minimum atomic E-state index is -4.52. The molecule has 3 aromatic rings. The normalized spacial score (nSPS) is 16.3. The molecule has 5 nitrogen and oxygen atoms in total. The van der Waals surface area contributed by atoms with Gasteiger partial charge in [0.2, 0.25) is 10.0 Å². The lowest BCUT2D eigenvalue weighted by Gasteiger charge is -2.17. The number of hydrogen-bond acceptors (Lipinski definition) is 3. The molecule has 32 heavy (non-hydrogen) atoms. The number of nitrogens with zero attached hydrogens (tertiary/aromatic N) is 2. The Labute approximate surface area is 189 Å². The number of rotatable bonds is 6. The number of halogens is 4. The first-order valence-electron chi connectivity index (χ1n) is 10.0. The van der Waals surface area contributed by atoms with Crippen LogP contribution in [0.2, 0.25) is 5.02 Å². The molecule has 1 unspecified atom stereocenters. The van der Waals surface area contributed by atoms with Crippen molar-refractivity contribution in [1.29, 1.82) is 0 Å². The molecule has 10 heteroatoms. The molecule has 0 amide bonds. The van der Waals surface area contributed by atoms with Gasteiger partial charge in [-0.05, 0) is 49.4 Å². The fourth-order valence-corrected chi connectivity index (χ4v) is 4.75. The minimum Gasteiger partial charge on any atom is -0.232 e. The summed E-state index contributed by atoms with van der Waals surface area (Å²) in [6.07, 6.45) is -1.63. The summed E-state index contributed by atoms with van der Waals surface area (Å²) in [7, 11) is -3.28. The molecule has 0 saturated heterocycles. The monoisotopic (exact) mass is 483 g/mol. The number of hydrogen-bond donors (Lipinski definition) is 1. The molecule has 0 spiro atoms. The maximum Gasteiger partial charge on any atom is 0.418 e. The van der Waals surface area contributed by atoms with Crippen LogP contribution in [0.1, 0.15) is 23.2 Å². The number of sulfonamides is 1. The highest BCUT2D eigenvalue weighted by Gasteiger charge is 2.36. The van der Waals surface area contributed by atoms with Crippen LogP contribution in [0.3, 0.4) is 0 Å². The Morgan fingerprint density at radius 3 is 2.47 bits per heavy atom. The first kappa shape index (κ1) is 22.8. The summed E-state index contributed by atoms with van der Waals surface area (Å²) in [6.45, 7) is 0.307. The third kappa shape index (κ3) is 4.84. The Balaban J connectivity index is 1.75. The summed E-state index contributed by atoms with van der Waals surface area (Å²) in [4.78, 5) is 0. The highest BCUT2D eigenvalue weighted by molar-refractivity contribution is 7.88. The summed E-state index contributed by atoms with van der Waals surface area (Å²) in [5, 5.41) is 5.11. The van der Waals surface area contributed by atoms with Crippen LogP contribution >= 0.6 is 11.6 Å². The van der Waals surface area contributed by atoms with Crippen molar-refractivity contribution in [2.45, 2.75) is 25.4 Å². The number of nitrogens with one attached hydrogen (secondary N) is 1. The molecule has 1 atom stereocenters. The lowest BCUT2D eigenvalue weighted by molar-refractivity contribution is -0.137. The second-order valence-electron chi connectivity index (χ2n) is 7.94. The maximum atomic E-state index is 13.7. The number of fused-ring (bicyclic) bond motifs is 1. The van der Waals surface area contributed by atoms with Crippen LogP contribution in [0.25, 0.3) is 16.9 Å². The summed E-state index contributed by atoms with van der Waals surface area (Å²) in [6, 6.07) is 12.3. The SMILES string of the molecule is CS(=O)(=O)NCCC1Cc2nn(-c3ccccc3C(F)(F)F)c(-c3ccc(Cl)cc3)c2C1. The van der Waals surface area contributed by atoms with Crippen molar-refractivity contribution in [3.63, 3.8) is 0 Å². The third-order valence-electron chi connectivity index (χ3n) is 5.51. The van der Waals surface area contributed by atoms with Gasteiger partial charge in [-0.3, -0.25) is 0 Å². The highest BCUT2D eigenvalue weighted by atomic mass is 35.5. The predicted molar refractivity (Wildman–Crippen MR) is 117 cm³/mol. The van der Waals surface area contributed by atoms with Gasteiger partial charge >= 0.3 is 6.18 Å². The van der Waals surface area contributed by atoms with Crippen molar-refractivity contribution in [1.82, 2.24) is 14.5 Å². The van der Waals surface area contributed by atoms with E-state index in [1.807, 2.05) is 0 Å². The van der Waals surface area contributed by atoms with E-state index in [2.05, 4.69) is 9.82 Å². The van der Waals surface area contributed by atoms with E-state index in [0.29, 0.717) is 36.5 Å². The molecule has 0 radical (unpaired) electrons. The molecule has 2 aromatic carbocycles. The predicted octanol–water partition coefficient (Wildman–Crippen LogP) is 4.87. The van der Waals surface area contributed by atoms with Gasteiger partial charge in [0.15, 0.2) is 0 Å². The van der Waals surface area contributed by atoms with Crippen LogP contribution in [0.4, 0.5) is 13.2 Å². The van der Waals surface area contributed by atoms with Gasteiger partial charge in [0, 0.05) is 22.7 Å². The fraction of sp³-hybridized carbons (Fsp3) is 0.318. The molecule has 0 fully saturated rings. The van der Waals surface area contributed by atoms with Crippen LogP contribution in [0, 0.1) is 5.92 Å². The second-order valence-corrected chi connectivity index (χ2v) is 10.2. The van der Waals surface area contributed by atoms with E-state index in [-0.39, 0.29) is 11.6 Å². The second kappa shape index (κ2) is 8.53. The van der Waals surface area contributed by atoms with E-state index < -0.39 is 21.8 Å². The van der Waals surface area contributed by atoms with E-state index >= 15 is 0 Å². The zero-order valence-corrected chi connectivity index (χ0v) is 18.7. The van der Waals surface area contributed by atoms with Gasteiger partial charge in [0.1, 0.15) is 0 Å². The molecule has 4 rings (SSSR count). The zero-order chi connectivity index (χ0) is 23.1. The molecule has 1 heterocycles. The van der Waals surface area contributed by atoms with Gasteiger partial charge in [0.25, 0.3) is 0 Å². The molecular formula is C22H21ClF3N3O2S. The summed E-state index contributed by atoms with van der Waals surface area (Å²) < 4.78 is 67.6. The first-order chi connectivity index (χ1) is 15.0. The summed E-state index contributed by atoms with van der Waals surface area (Å²) in [5.41, 5.74) is 2.15. The number of para-hydroxylation sites is 1. The quantitative estimate of drug-likeness (QED) is 0.544. The zero-order valence-electron chi connectivity index (χ0n) is 17.2. The Kier molecular flexibility index (Phi) is 6.08. The molecule has 1 aliphatic rings. The summed E-state index contributed by atoms with van der Waals surface area (Å²) >= 11 is 6.02. The van der Waals surface area contributed by atoms with Gasteiger partial charge in [-0.2, -0.15) is 18.3 Å². The first-order valence-corrected chi connectivity index (χ1v) is 12.3. The number of aromatic nitrogens is 2. The largest absolute Gasteiger partial charge is 0.418 e. The van der Waals surface area contributed by atoms with Crippen LogP contribution in [0.5, 0.6) is 0 Å². The Hall–Kier alpha value is -2.36. The molecule has 1 N–H and O–H groups in total. The highest BCUT2D eigenvalue weighted by Crippen LogP contribution is 2.40. The topological polar surface area (TPSA) is 64.0 Å². The molecule has 0 bridgehead atoms. The van der Waals surface area contributed by atoms with Crippen LogP contribution in [-0.4, -0.2) is 31.0 Å². The van der Waals surface area contributed by atoms with Gasteiger partial charge in [-0.15, -0.1) is 0 Å². The van der Waals surface area contributed by atoms with Crippen LogP contribution < -0.4 is 4.72 Å². The standard InChI is InChI=1S/C22H21ClF3N3O2S/c1-32(30,31)27-11-10-14-12-17-19(13-14)28-29(21(17)15-6-8-16(23)9-7-15)20-5-3-2-4-18(20)22(24,25)26/h2-9,14,27H,10-13H2,1H3. The van der Waals surface area contributed by atoms with Gasteiger partial charge in [0.05, 0.1) is 28.9 Å². The minimum absolute atomic E-state index is 0.0327. The third-order valence-corrected chi connectivity index (χ3v) is 6.49. The maximum absolute atomic E-state index is 13.7. The molecular weight excluding hydrogens is 463 g/mol. The summed E-state index contributed by atoms with van der Waals surface area (Å²) in [5.74, 6) is 0.153. The Morgan fingerprint density at radius 2 is 1.81 bits per heavy atom. The molecule has 170 valence electrons. The molecule has 0 aliphatic heterocycles. The van der Waals surface area contributed by atoms with Crippen molar-refractivity contribution in [2.24, 2.45) is 5.92 Å². The fourth-order valence-electron chi connectivity index (χ4n) is 4.14. The lowest BCUT2D eigenvalue weighted by atomic mass is 10.00. The smallest absolute Gasteiger partial charge is 0.232 e. The molecule has 1 aromatic heterocycles. The van der Waals surface area contributed by atoms with E-state index in [1.54, 1.807) is 30.3 Å². The van der Waals surface area contributed by atoms with E-state index in [9.17, 15) is 21.6 Å². The van der Waals surface area contributed by atoms with Crippen molar-refractivity contribution in [2.75, 3.05) is 12.8 Å². The van der Waals surface area contributed by atoms with Crippen LogP contribution in [0.15, 0.2) is 48.5 Å². The number of benzene rings is 2. The van der Waals surface area contributed by atoms with Crippen molar-refractivity contribution in [3.8, 4) is 16.9 Å². The van der Waals surface area contributed by atoms with E-state index in [1.165, 1.54) is 16.8 Å². The van der Waals surface area contributed by atoms with Crippen molar-refractivity contribution < 1.29 is 21.6 Å². The van der Waals surface area contributed by atoms with E-state index in [0.717, 1.165) is 29.1 Å². The van der Waals surface area contributed by atoms with Crippen molar-refractivity contribution >= 4 is 21.6 Å². The van der Waals surface area contributed by atoms with Crippen molar-refractivity contribution in [3.05, 3.63) is 70.4 Å². The molecule has 1 aliphatic carbocycles. The van der Waals surface area contributed by atoms with Crippen LogP contribution in [-0.2, 0) is 29.0 Å². The van der Waals surface area contributed by atoms with Gasteiger partial charge < -0.3 is 0 Å². The lowest BCUT2D eigenvalue weighted by Crippen LogP contribution is -2.25.